The Kier molecular flexibility index (Phi) is 2.25. The van der Waals surface area contributed by atoms with Gasteiger partial charge in [-0.25, -0.2) is 0 Å². The van der Waals surface area contributed by atoms with Crippen molar-refractivity contribution in [2.75, 3.05) is 19.8 Å². The summed E-state index contributed by atoms with van der Waals surface area (Å²) in [6, 6.07) is 0. The van der Waals surface area contributed by atoms with E-state index in [1.807, 2.05) is 6.92 Å². The molecule has 4 heteroatoms. The highest BCUT2D eigenvalue weighted by molar-refractivity contribution is 4.85. The van der Waals surface area contributed by atoms with Gasteiger partial charge in [0.1, 0.15) is 0 Å². The monoisotopic (exact) mass is 146 g/mol. The molecule has 1 fully saturated rings. The minimum absolute atomic E-state index is 0.322. The van der Waals surface area contributed by atoms with Gasteiger partial charge < -0.3 is 20.9 Å². The minimum Gasteiger partial charge on any atom is -0.348 e. The first-order chi connectivity index (χ1) is 4.67. The largest absolute Gasteiger partial charge is 0.348 e. The van der Waals surface area contributed by atoms with Crippen molar-refractivity contribution in [2.24, 2.45) is 11.5 Å². The summed E-state index contributed by atoms with van der Waals surface area (Å²) in [5, 5.41) is 0. The van der Waals surface area contributed by atoms with Crippen LogP contribution in [-0.2, 0) is 9.47 Å². The lowest BCUT2D eigenvalue weighted by molar-refractivity contribution is -0.0870. The van der Waals surface area contributed by atoms with Crippen molar-refractivity contribution >= 4 is 0 Å². The van der Waals surface area contributed by atoms with E-state index >= 15 is 0 Å². The highest BCUT2D eigenvalue weighted by Gasteiger charge is 2.33. The van der Waals surface area contributed by atoms with Crippen molar-refractivity contribution in [1.29, 1.82) is 0 Å². The van der Waals surface area contributed by atoms with Crippen molar-refractivity contribution in [1.82, 2.24) is 0 Å². The molecule has 0 spiro atoms. The van der Waals surface area contributed by atoms with Crippen LogP contribution in [0, 0.1) is 0 Å². The lowest BCUT2D eigenvalue weighted by Crippen LogP contribution is -2.54. The maximum Gasteiger partial charge on any atom is 0.176 e. The van der Waals surface area contributed by atoms with Crippen LogP contribution in [0.5, 0.6) is 0 Å². The second kappa shape index (κ2) is 2.84. The predicted octanol–water partition coefficient (Wildman–Crippen LogP) is -0.965. The summed E-state index contributed by atoms with van der Waals surface area (Å²) in [5.74, 6) is 0. The Labute approximate surface area is 60.5 Å². The average Bonchev–Trinajstić information content (AvgIpc) is 2.38. The van der Waals surface area contributed by atoms with Crippen LogP contribution in [0.25, 0.3) is 0 Å². The molecule has 0 bridgehead atoms. The van der Waals surface area contributed by atoms with Gasteiger partial charge in [-0.2, -0.15) is 0 Å². The number of hydrogen-bond donors (Lipinski definition) is 2. The summed E-state index contributed by atoms with van der Waals surface area (Å²) in [5.41, 5.74) is 10.6. The Bertz CT molecular complexity index is 110. The first kappa shape index (κ1) is 7.94. The highest BCUT2D eigenvalue weighted by Crippen LogP contribution is 2.14. The number of hydrogen-bond acceptors (Lipinski definition) is 4. The Morgan fingerprint density at radius 3 is 2.40 bits per heavy atom. The van der Waals surface area contributed by atoms with E-state index < -0.39 is 5.54 Å². The minimum atomic E-state index is -0.545. The third kappa shape index (κ3) is 1.46. The zero-order valence-electron chi connectivity index (χ0n) is 6.17. The number of rotatable bonds is 2. The van der Waals surface area contributed by atoms with Crippen LogP contribution in [0.4, 0.5) is 0 Å². The fourth-order valence-corrected chi connectivity index (χ4v) is 0.835. The van der Waals surface area contributed by atoms with E-state index in [4.69, 9.17) is 20.9 Å². The zero-order chi connectivity index (χ0) is 7.61. The van der Waals surface area contributed by atoms with E-state index in [1.54, 1.807) is 0 Å². The van der Waals surface area contributed by atoms with Gasteiger partial charge in [-0.3, -0.25) is 0 Å². The summed E-state index contributed by atoms with van der Waals surface area (Å²) in [7, 11) is 0. The van der Waals surface area contributed by atoms with Crippen molar-refractivity contribution in [3.05, 3.63) is 0 Å². The molecule has 0 aliphatic carbocycles. The molecule has 1 aliphatic heterocycles. The molecule has 1 saturated heterocycles. The molecule has 1 atom stereocenters. The second-order valence-electron chi connectivity index (χ2n) is 2.78. The topological polar surface area (TPSA) is 70.5 Å². The van der Waals surface area contributed by atoms with Crippen LogP contribution in [-0.4, -0.2) is 31.6 Å². The molecular weight excluding hydrogens is 132 g/mol. The fourth-order valence-electron chi connectivity index (χ4n) is 0.835. The molecule has 10 heavy (non-hydrogen) atoms. The molecule has 60 valence electrons. The van der Waals surface area contributed by atoms with Crippen LogP contribution < -0.4 is 11.5 Å². The van der Waals surface area contributed by atoms with Crippen LogP contribution in [0.2, 0.25) is 0 Å². The Hall–Kier alpha value is -0.160. The van der Waals surface area contributed by atoms with Crippen molar-refractivity contribution < 1.29 is 9.47 Å². The van der Waals surface area contributed by atoms with Gasteiger partial charge in [-0.1, -0.05) is 0 Å². The summed E-state index contributed by atoms with van der Waals surface area (Å²) in [4.78, 5) is 0. The zero-order valence-corrected chi connectivity index (χ0v) is 6.17. The van der Waals surface area contributed by atoms with Crippen LogP contribution in [0.3, 0.4) is 0 Å². The van der Waals surface area contributed by atoms with Crippen LogP contribution >= 0.6 is 0 Å². The van der Waals surface area contributed by atoms with Crippen LogP contribution in [0.15, 0.2) is 0 Å². The molecule has 4 nitrogen and oxygen atoms in total. The summed E-state index contributed by atoms with van der Waals surface area (Å²) >= 11 is 0. The lowest BCUT2D eigenvalue weighted by atomic mass is 10.0. The van der Waals surface area contributed by atoms with Gasteiger partial charge in [-0.05, 0) is 6.92 Å². The van der Waals surface area contributed by atoms with Gasteiger partial charge in [0.2, 0.25) is 0 Å². The van der Waals surface area contributed by atoms with Gasteiger partial charge in [0.25, 0.3) is 0 Å². The van der Waals surface area contributed by atoms with Gasteiger partial charge in [-0.15, -0.1) is 0 Å². The van der Waals surface area contributed by atoms with Crippen molar-refractivity contribution in [3.63, 3.8) is 0 Å². The standard InChI is InChI=1S/C6H14N2O2/c1-6(8,4-7)5-9-2-3-10-5/h5H,2-4,7-8H2,1H3. The van der Waals surface area contributed by atoms with Crippen molar-refractivity contribution in [2.45, 2.75) is 18.8 Å². The quantitative estimate of drug-likeness (QED) is 0.526. The van der Waals surface area contributed by atoms with E-state index in [2.05, 4.69) is 0 Å². The molecule has 1 heterocycles. The van der Waals surface area contributed by atoms with Crippen molar-refractivity contribution in [3.8, 4) is 0 Å². The molecule has 4 N–H and O–H groups in total. The first-order valence-electron chi connectivity index (χ1n) is 3.39. The molecule has 0 aromatic rings. The Balaban J connectivity index is 2.45. The van der Waals surface area contributed by atoms with E-state index in [1.165, 1.54) is 0 Å². The van der Waals surface area contributed by atoms with Gasteiger partial charge in [0, 0.05) is 6.54 Å². The van der Waals surface area contributed by atoms with Gasteiger partial charge in [0.05, 0.1) is 18.8 Å². The van der Waals surface area contributed by atoms with Crippen LogP contribution in [0.1, 0.15) is 6.92 Å². The maximum atomic E-state index is 5.75. The lowest BCUT2D eigenvalue weighted by Gasteiger charge is -2.27. The maximum absolute atomic E-state index is 5.75. The summed E-state index contributed by atoms with van der Waals surface area (Å²) in [6.07, 6.45) is -0.322. The van der Waals surface area contributed by atoms with E-state index in [0.29, 0.717) is 19.8 Å². The van der Waals surface area contributed by atoms with Gasteiger partial charge in [0.15, 0.2) is 6.29 Å². The summed E-state index contributed by atoms with van der Waals surface area (Å²) in [6.45, 7) is 3.44. The third-order valence-corrected chi connectivity index (χ3v) is 1.60. The third-order valence-electron chi connectivity index (χ3n) is 1.60. The van der Waals surface area contributed by atoms with E-state index in [0.717, 1.165) is 0 Å². The molecule has 0 aromatic carbocycles. The SMILES string of the molecule is CC(N)(CN)C1OCCO1. The number of nitrogens with two attached hydrogens (primary N) is 2. The molecular formula is C6H14N2O2. The fraction of sp³-hybridized carbons (Fsp3) is 1.00. The number of ether oxygens (including phenoxy) is 2. The molecule has 1 aliphatic rings. The molecule has 1 rings (SSSR count). The molecule has 0 saturated carbocycles. The Morgan fingerprint density at radius 1 is 1.50 bits per heavy atom. The highest BCUT2D eigenvalue weighted by atomic mass is 16.7. The normalized spacial score (nSPS) is 26.7. The summed E-state index contributed by atoms with van der Waals surface area (Å²) < 4.78 is 10.4. The second-order valence-corrected chi connectivity index (χ2v) is 2.78. The molecule has 0 amide bonds. The molecule has 0 radical (unpaired) electrons. The Morgan fingerprint density at radius 2 is 2.00 bits per heavy atom. The molecule has 0 aromatic heterocycles. The first-order valence-corrected chi connectivity index (χ1v) is 3.39. The van der Waals surface area contributed by atoms with E-state index in [9.17, 15) is 0 Å². The average molecular weight is 146 g/mol. The van der Waals surface area contributed by atoms with Gasteiger partial charge >= 0.3 is 0 Å². The predicted molar refractivity (Wildman–Crippen MR) is 37.3 cm³/mol. The van der Waals surface area contributed by atoms with E-state index in [-0.39, 0.29) is 6.29 Å². The molecule has 1 unspecified atom stereocenters. The smallest absolute Gasteiger partial charge is 0.176 e.